The number of ether oxygens (including phenoxy) is 1. The number of halogens is 1. The first-order chi connectivity index (χ1) is 7.04. The van der Waals surface area contributed by atoms with Crippen molar-refractivity contribution < 1.29 is 14.6 Å². The molecule has 0 saturated carbocycles. The summed E-state index contributed by atoms with van der Waals surface area (Å²) in [5.41, 5.74) is 2.01. The van der Waals surface area contributed by atoms with Crippen molar-refractivity contribution >= 4 is 21.9 Å². The lowest BCUT2D eigenvalue weighted by molar-refractivity contribution is -0.136. The van der Waals surface area contributed by atoms with E-state index in [2.05, 4.69) is 15.9 Å². The number of carboxylic acid groups (broad SMARTS) is 1. The van der Waals surface area contributed by atoms with E-state index in [0.29, 0.717) is 6.42 Å². The maximum absolute atomic E-state index is 10.4. The van der Waals surface area contributed by atoms with Crippen LogP contribution in [0.15, 0.2) is 16.6 Å². The molecule has 0 amide bonds. The maximum atomic E-state index is 10.4. The molecule has 0 aromatic heterocycles. The highest BCUT2D eigenvalue weighted by Gasteiger charge is 2.07. The third-order valence-electron chi connectivity index (χ3n) is 2.12. The fourth-order valence-corrected chi connectivity index (χ4v) is 2.22. The van der Waals surface area contributed by atoms with Crippen molar-refractivity contribution in [2.24, 2.45) is 0 Å². The normalized spacial score (nSPS) is 10.1. The molecule has 3 nitrogen and oxygen atoms in total. The Morgan fingerprint density at radius 1 is 1.53 bits per heavy atom. The summed E-state index contributed by atoms with van der Waals surface area (Å²) in [5.74, 6) is 0.0219. The Kier molecular flexibility index (Phi) is 4.15. The van der Waals surface area contributed by atoms with Gasteiger partial charge in [0.1, 0.15) is 5.75 Å². The van der Waals surface area contributed by atoms with Gasteiger partial charge in [-0.2, -0.15) is 0 Å². The Bertz CT molecular complexity index is 351. The Morgan fingerprint density at radius 2 is 2.20 bits per heavy atom. The van der Waals surface area contributed by atoms with Crippen LogP contribution in [0.1, 0.15) is 17.5 Å². The Labute approximate surface area is 97.2 Å². The van der Waals surface area contributed by atoms with Gasteiger partial charge in [0.25, 0.3) is 0 Å². The van der Waals surface area contributed by atoms with Crippen LogP contribution >= 0.6 is 15.9 Å². The number of methoxy groups -OCH3 is 1. The van der Waals surface area contributed by atoms with E-state index in [1.807, 2.05) is 19.1 Å². The number of aliphatic carboxylic acids is 1. The van der Waals surface area contributed by atoms with Crippen LogP contribution in [0.3, 0.4) is 0 Å². The number of hydrogen-bond donors (Lipinski definition) is 1. The third kappa shape index (κ3) is 3.23. The van der Waals surface area contributed by atoms with Gasteiger partial charge in [0.15, 0.2) is 0 Å². The number of carbonyl (C=O) groups is 1. The van der Waals surface area contributed by atoms with Crippen LogP contribution < -0.4 is 4.74 Å². The van der Waals surface area contributed by atoms with Crippen molar-refractivity contribution in [3.8, 4) is 5.75 Å². The van der Waals surface area contributed by atoms with Gasteiger partial charge in [-0.25, -0.2) is 0 Å². The lowest BCUT2D eigenvalue weighted by atomic mass is 10.1. The van der Waals surface area contributed by atoms with Gasteiger partial charge in [0.2, 0.25) is 0 Å². The molecule has 0 saturated heterocycles. The summed E-state index contributed by atoms with van der Waals surface area (Å²) in [4.78, 5) is 10.4. The van der Waals surface area contributed by atoms with Gasteiger partial charge in [-0.1, -0.05) is 6.07 Å². The molecule has 1 rings (SSSR count). The van der Waals surface area contributed by atoms with E-state index in [1.165, 1.54) is 0 Å². The van der Waals surface area contributed by atoms with Crippen molar-refractivity contribution in [2.75, 3.05) is 7.11 Å². The topological polar surface area (TPSA) is 46.5 Å². The van der Waals surface area contributed by atoms with Crippen molar-refractivity contribution in [2.45, 2.75) is 19.8 Å². The first kappa shape index (κ1) is 12.0. The molecule has 0 heterocycles. The van der Waals surface area contributed by atoms with E-state index < -0.39 is 5.97 Å². The summed E-state index contributed by atoms with van der Waals surface area (Å²) in [7, 11) is 1.62. The lowest BCUT2D eigenvalue weighted by Crippen LogP contribution is -1.98. The largest absolute Gasteiger partial charge is 0.495 e. The average Bonchev–Trinajstić information content (AvgIpc) is 2.14. The molecular weight excluding hydrogens is 260 g/mol. The number of aryl methyl sites for hydroxylation is 2. The monoisotopic (exact) mass is 272 g/mol. The average molecular weight is 273 g/mol. The number of carboxylic acids is 1. The van der Waals surface area contributed by atoms with E-state index in [-0.39, 0.29) is 6.42 Å². The zero-order valence-electron chi connectivity index (χ0n) is 8.71. The van der Waals surface area contributed by atoms with Gasteiger partial charge < -0.3 is 9.84 Å². The summed E-state index contributed by atoms with van der Waals surface area (Å²) in [6, 6.07) is 3.85. The molecule has 0 bridgehead atoms. The fourth-order valence-electron chi connectivity index (χ4n) is 1.46. The molecular formula is C11H13BrO3. The Morgan fingerprint density at radius 3 is 2.67 bits per heavy atom. The van der Waals surface area contributed by atoms with E-state index in [0.717, 1.165) is 21.3 Å². The molecule has 0 aliphatic heterocycles. The van der Waals surface area contributed by atoms with Crippen LogP contribution in [0.2, 0.25) is 0 Å². The SMILES string of the molecule is COc1c(C)cc(CCC(=O)O)cc1Br. The molecule has 0 unspecified atom stereocenters. The van der Waals surface area contributed by atoms with Gasteiger partial charge in [0.05, 0.1) is 11.6 Å². The number of benzene rings is 1. The predicted molar refractivity (Wildman–Crippen MR) is 61.4 cm³/mol. The van der Waals surface area contributed by atoms with Gasteiger partial charge in [-0.15, -0.1) is 0 Å². The minimum absolute atomic E-state index is 0.151. The van der Waals surface area contributed by atoms with Crippen LogP contribution in [0.4, 0.5) is 0 Å². The number of rotatable bonds is 4. The van der Waals surface area contributed by atoms with Gasteiger partial charge in [-0.3, -0.25) is 4.79 Å². The maximum Gasteiger partial charge on any atom is 0.303 e. The summed E-state index contributed by atoms with van der Waals surface area (Å²) in [6.07, 6.45) is 0.691. The van der Waals surface area contributed by atoms with Crippen molar-refractivity contribution in [3.05, 3.63) is 27.7 Å². The molecule has 4 heteroatoms. The minimum atomic E-state index is -0.778. The molecule has 0 radical (unpaired) electrons. The minimum Gasteiger partial charge on any atom is -0.495 e. The van der Waals surface area contributed by atoms with E-state index in [4.69, 9.17) is 9.84 Å². The lowest BCUT2D eigenvalue weighted by Gasteiger charge is -2.09. The highest BCUT2D eigenvalue weighted by molar-refractivity contribution is 9.10. The zero-order valence-corrected chi connectivity index (χ0v) is 10.3. The Hall–Kier alpha value is -1.03. The molecule has 0 aliphatic rings. The van der Waals surface area contributed by atoms with Crippen LogP contribution in [-0.4, -0.2) is 18.2 Å². The van der Waals surface area contributed by atoms with E-state index in [9.17, 15) is 4.79 Å². The molecule has 0 atom stereocenters. The van der Waals surface area contributed by atoms with Crippen molar-refractivity contribution in [1.82, 2.24) is 0 Å². The number of hydrogen-bond acceptors (Lipinski definition) is 2. The van der Waals surface area contributed by atoms with Crippen LogP contribution in [0.25, 0.3) is 0 Å². The van der Waals surface area contributed by atoms with Crippen LogP contribution in [0, 0.1) is 6.92 Å². The third-order valence-corrected chi connectivity index (χ3v) is 2.71. The van der Waals surface area contributed by atoms with Gasteiger partial charge in [0, 0.05) is 6.42 Å². The van der Waals surface area contributed by atoms with Crippen LogP contribution in [0.5, 0.6) is 5.75 Å². The van der Waals surface area contributed by atoms with Gasteiger partial charge in [-0.05, 0) is 46.5 Å². The second-order valence-electron chi connectivity index (χ2n) is 3.32. The van der Waals surface area contributed by atoms with E-state index in [1.54, 1.807) is 7.11 Å². The molecule has 82 valence electrons. The van der Waals surface area contributed by atoms with Crippen molar-refractivity contribution in [1.29, 1.82) is 0 Å². The second-order valence-corrected chi connectivity index (χ2v) is 4.18. The smallest absolute Gasteiger partial charge is 0.303 e. The summed E-state index contributed by atoms with van der Waals surface area (Å²) in [6.45, 7) is 1.94. The highest BCUT2D eigenvalue weighted by atomic mass is 79.9. The molecule has 1 aromatic rings. The summed E-state index contributed by atoms with van der Waals surface area (Å²) in [5, 5.41) is 8.58. The van der Waals surface area contributed by atoms with Crippen molar-refractivity contribution in [3.63, 3.8) is 0 Å². The second kappa shape index (κ2) is 5.16. The first-order valence-electron chi connectivity index (χ1n) is 4.59. The predicted octanol–water partition coefficient (Wildman–Crippen LogP) is 2.78. The molecule has 0 fully saturated rings. The summed E-state index contributed by atoms with van der Waals surface area (Å²) >= 11 is 3.39. The quantitative estimate of drug-likeness (QED) is 0.917. The molecule has 15 heavy (non-hydrogen) atoms. The Balaban J connectivity index is 2.88. The summed E-state index contributed by atoms with van der Waals surface area (Å²) < 4.78 is 6.06. The van der Waals surface area contributed by atoms with Crippen LogP contribution in [-0.2, 0) is 11.2 Å². The van der Waals surface area contributed by atoms with E-state index >= 15 is 0 Å². The fraction of sp³-hybridized carbons (Fsp3) is 0.364. The highest BCUT2D eigenvalue weighted by Crippen LogP contribution is 2.30. The van der Waals surface area contributed by atoms with Gasteiger partial charge >= 0.3 is 5.97 Å². The molecule has 0 spiro atoms. The molecule has 0 aliphatic carbocycles. The standard InChI is InChI=1S/C11H13BrO3/c1-7-5-8(3-4-10(13)14)6-9(12)11(7)15-2/h5-6H,3-4H2,1-2H3,(H,13,14). The zero-order chi connectivity index (χ0) is 11.4. The molecule has 1 aromatic carbocycles. The first-order valence-corrected chi connectivity index (χ1v) is 5.38. The molecule has 1 N–H and O–H groups in total.